The van der Waals surface area contributed by atoms with Crippen molar-refractivity contribution in [3.8, 4) is 0 Å². The van der Waals surface area contributed by atoms with Crippen LogP contribution in [-0.4, -0.2) is 87.4 Å². The van der Waals surface area contributed by atoms with Gasteiger partial charge in [-0.15, -0.1) is 0 Å². The maximum Gasteiger partial charge on any atom is 0.361 e. The Balaban J connectivity index is 3.92. The number of carbonyl (C=O) groups excluding carboxylic acids is 2. The molecule has 1 N–H and O–H groups in total. The number of nitrogens with zero attached hydrogens (tertiary/aromatic N) is 1. The van der Waals surface area contributed by atoms with E-state index in [9.17, 15) is 19.5 Å². The molecule has 0 rings (SSSR count). The number of unbranched alkanes of at least 4 members (excludes halogenated alkanes) is 58. The third-order valence-corrected chi connectivity index (χ3v) is 19.6. The molecule has 0 saturated carbocycles. The van der Waals surface area contributed by atoms with Gasteiger partial charge in [0.25, 0.3) is 6.29 Å². The highest BCUT2D eigenvalue weighted by molar-refractivity contribution is 5.71. The molecule has 0 radical (unpaired) electrons. The van der Waals surface area contributed by atoms with Crippen molar-refractivity contribution in [2.45, 2.75) is 450 Å². The number of esters is 2. The van der Waals surface area contributed by atoms with Crippen molar-refractivity contribution in [3.05, 3.63) is 48.6 Å². The molecule has 0 aromatic carbocycles. The highest BCUT2D eigenvalue weighted by atomic mass is 16.7. The third-order valence-electron chi connectivity index (χ3n) is 19.6. The van der Waals surface area contributed by atoms with E-state index >= 15 is 0 Å². The Bertz CT molecular complexity index is 1730. The number of likely N-dealkylation sites (N-methyl/N-ethyl adjacent to an activating group) is 1. The molecule has 9 heteroatoms. The SMILES string of the molecule is CCCCCCC/C=C\C/C=C\CCCCCCCCCCCCCCCCCCCCCCCCCCCCCCCC(=O)OC(COC(=O)CCCCCCCCCCCCCCCCCCCCC/C=C\C/C=C\CCCCCCC)COC(OCC[N+](C)(C)C)C(=O)O. The van der Waals surface area contributed by atoms with Crippen molar-refractivity contribution < 1.29 is 42.9 Å². The van der Waals surface area contributed by atoms with E-state index in [2.05, 4.69) is 62.5 Å². The van der Waals surface area contributed by atoms with Crippen LogP contribution in [0.1, 0.15) is 438 Å². The monoisotopic (exact) mass is 1370 g/mol. The fraction of sp³-hybridized carbons (Fsp3) is 0.875. The highest BCUT2D eigenvalue weighted by Gasteiger charge is 2.25. The molecule has 0 heterocycles. The van der Waals surface area contributed by atoms with E-state index in [1.165, 1.54) is 360 Å². The molecule has 0 fully saturated rings. The second kappa shape index (κ2) is 79.0. The molecule has 0 saturated heterocycles. The lowest BCUT2D eigenvalue weighted by Crippen LogP contribution is -2.40. The molecule has 570 valence electrons. The van der Waals surface area contributed by atoms with E-state index in [0.29, 0.717) is 17.4 Å². The molecule has 2 atom stereocenters. The summed E-state index contributed by atoms with van der Waals surface area (Å²) in [4.78, 5) is 37.8. The van der Waals surface area contributed by atoms with Gasteiger partial charge in [-0.25, -0.2) is 4.79 Å². The van der Waals surface area contributed by atoms with Crippen molar-refractivity contribution in [2.24, 2.45) is 0 Å². The Labute approximate surface area is 603 Å². The molecule has 2 unspecified atom stereocenters. The number of hydrogen-bond donors (Lipinski definition) is 1. The molecule has 97 heavy (non-hydrogen) atoms. The summed E-state index contributed by atoms with van der Waals surface area (Å²) in [5.74, 6) is -1.97. The molecule has 0 amide bonds. The number of quaternary nitrogens is 1. The van der Waals surface area contributed by atoms with Gasteiger partial charge in [0, 0.05) is 12.8 Å². The van der Waals surface area contributed by atoms with Crippen LogP contribution >= 0.6 is 0 Å². The Morgan fingerprint density at radius 3 is 0.814 bits per heavy atom. The molecule has 0 bridgehead atoms. The minimum atomic E-state index is -1.51. The summed E-state index contributed by atoms with van der Waals surface area (Å²) in [5.41, 5.74) is 0. The topological polar surface area (TPSA) is 108 Å². The summed E-state index contributed by atoms with van der Waals surface area (Å²) in [6, 6.07) is 0. The predicted molar refractivity (Wildman–Crippen MR) is 420 cm³/mol. The van der Waals surface area contributed by atoms with E-state index in [1.54, 1.807) is 0 Å². The molecule has 0 spiro atoms. The lowest BCUT2D eigenvalue weighted by Gasteiger charge is -2.25. The van der Waals surface area contributed by atoms with Gasteiger partial charge in [-0.2, -0.15) is 0 Å². The van der Waals surface area contributed by atoms with Gasteiger partial charge in [-0.05, 0) is 77.0 Å². The first-order valence-corrected chi connectivity index (χ1v) is 42.8. The maximum atomic E-state index is 13.0. The summed E-state index contributed by atoms with van der Waals surface area (Å²) in [7, 11) is 6.00. The average molecular weight is 1370 g/mol. The lowest BCUT2D eigenvalue weighted by molar-refractivity contribution is -0.870. The van der Waals surface area contributed by atoms with E-state index in [4.69, 9.17) is 18.9 Å². The van der Waals surface area contributed by atoms with Gasteiger partial charge >= 0.3 is 17.9 Å². The first-order chi connectivity index (χ1) is 47.6. The Morgan fingerprint density at radius 2 is 0.557 bits per heavy atom. The normalized spacial score (nSPS) is 12.8. The zero-order valence-electron chi connectivity index (χ0n) is 65.5. The molecule has 9 nitrogen and oxygen atoms in total. The van der Waals surface area contributed by atoms with Gasteiger partial charge in [0.2, 0.25) is 0 Å². The van der Waals surface area contributed by atoms with Crippen molar-refractivity contribution in [1.82, 2.24) is 0 Å². The highest BCUT2D eigenvalue weighted by Crippen LogP contribution is 2.20. The second-order valence-corrected chi connectivity index (χ2v) is 30.5. The van der Waals surface area contributed by atoms with Crippen molar-refractivity contribution in [1.29, 1.82) is 0 Å². The van der Waals surface area contributed by atoms with Crippen molar-refractivity contribution in [2.75, 3.05) is 47.5 Å². The summed E-state index contributed by atoms with van der Waals surface area (Å²) in [6.45, 7) is 4.94. The van der Waals surface area contributed by atoms with E-state index in [-0.39, 0.29) is 38.2 Å². The minimum absolute atomic E-state index is 0.176. The van der Waals surface area contributed by atoms with E-state index < -0.39 is 18.4 Å². The van der Waals surface area contributed by atoms with Crippen LogP contribution in [0.15, 0.2) is 48.6 Å². The van der Waals surface area contributed by atoms with Crippen LogP contribution in [-0.2, 0) is 33.3 Å². The Morgan fingerprint density at radius 1 is 0.309 bits per heavy atom. The van der Waals surface area contributed by atoms with Gasteiger partial charge in [0.15, 0.2) is 6.10 Å². The molecule has 0 aliphatic carbocycles. The van der Waals surface area contributed by atoms with Crippen LogP contribution in [0.4, 0.5) is 0 Å². The summed E-state index contributed by atoms with van der Waals surface area (Å²) < 4.78 is 23.1. The molecular weight excluding hydrogens is 1200 g/mol. The first-order valence-electron chi connectivity index (χ1n) is 42.8. The zero-order valence-corrected chi connectivity index (χ0v) is 65.5. The maximum absolute atomic E-state index is 13.0. The first kappa shape index (κ1) is 94.2. The number of rotatable bonds is 81. The lowest BCUT2D eigenvalue weighted by atomic mass is 10.0. The summed E-state index contributed by atoms with van der Waals surface area (Å²) in [6.07, 6.45) is 102. The number of carbonyl (C=O) groups is 3. The predicted octanol–water partition coefficient (Wildman–Crippen LogP) is 27.6. The fourth-order valence-electron chi connectivity index (χ4n) is 13.0. The van der Waals surface area contributed by atoms with Crippen LogP contribution in [0, 0.1) is 0 Å². The molecule has 0 aromatic heterocycles. The quantitative estimate of drug-likeness (QED) is 0.0211. The zero-order chi connectivity index (χ0) is 70.4. The van der Waals surface area contributed by atoms with Crippen LogP contribution in [0.25, 0.3) is 0 Å². The smallest absolute Gasteiger partial charge is 0.361 e. The summed E-state index contributed by atoms with van der Waals surface area (Å²) in [5, 5.41) is 9.78. The number of ether oxygens (including phenoxy) is 4. The summed E-state index contributed by atoms with van der Waals surface area (Å²) >= 11 is 0. The number of allylic oxidation sites excluding steroid dienone is 8. The van der Waals surface area contributed by atoms with Gasteiger partial charge in [0.1, 0.15) is 13.2 Å². The second-order valence-electron chi connectivity index (χ2n) is 30.5. The Hall–Kier alpha value is -2.75. The molecule has 0 aromatic rings. The largest absolute Gasteiger partial charge is 0.477 e. The fourth-order valence-corrected chi connectivity index (χ4v) is 13.0. The van der Waals surface area contributed by atoms with Crippen LogP contribution in [0.2, 0.25) is 0 Å². The Kier molecular flexibility index (Phi) is 76.7. The average Bonchev–Trinajstić information content (AvgIpc) is 3.27. The molecule has 0 aliphatic rings. The molecular formula is C88H166NO8+. The van der Waals surface area contributed by atoms with Crippen molar-refractivity contribution >= 4 is 17.9 Å². The van der Waals surface area contributed by atoms with Gasteiger partial charge < -0.3 is 28.5 Å². The van der Waals surface area contributed by atoms with Crippen LogP contribution in [0.5, 0.6) is 0 Å². The molecule has 0 aliphatic heterocycles. The van der Waals surface area contributed by atoms with Gasteiger partial charge in [-0.3, -0.25) is 9.59 Å². The van der Waals surface area contributed by atoms with Crippen molar-refractivity contribution in [3.63, 3.8) is 0 Å². The third kappa shape index (κ3) is 80.4. The standard InChI is InChI=1S/C88H165NO8/c1-6-8-10-12-14-16-18-20-22-24-26-28-30-32-34-36-38-39-40-41-42-43-44-45-46-47-49-51-53-55-57-59-61-63-65-67-69-71-73-75-77-79-86(91)97-84(83-96-88(87(92)93)94-81-80-89(3,4)5)82-95-85(90)78-76-74-72-70-68-66-64-62-60-58-56-54-52-50-48-37-35-33-31-29-27-25-23-21-19-17-15-13-11-9-7-2/h18-21,24-27,84,88H,6-17,22-23,28-83H2,1-5H3/p+1/b20-18-,21-19-,26-24-,27-25-. The number of carboxylic acids is 1. The van der Waals surface area contributed by atoms with E-state index in [1.807, 2.05) is 21.1 Å². The van der Waals surface area contributed by atoms with Crippen LogP contribution in [0.3, 0.4) is 0 Å². The number of aliphatic carboxylic acids is 1. The number of hydrogen-bond acceptors (Lipinski definition) is 7. The van der Waals surface area contributed by atoms with Gasteiger partial charge in [0.05, 0.1) is 34.4 Å². The minimum Gasteiger partial charge on any atom is -0.477 e. The van der Waals surface area contributed by atoms with Crippen LogP contribution < -0.4 is 0 Å². The number of carboxylic acid groups (broad SMARTS) is 1. The van der Waals surface area contributed by atoms with E-state index in [0.717, 1.165) is 51.4 Å². The van der Waals surface area contributed by atoms with Gasteiger partial charge in [-0.1, -0.05) is 396 Å².